The average Bonchev–Trinajstić information content (AvgIpc) is 2.05. The first-order chi connectivity index (χ1) is 5.74. The fourth-order valence-corrected chi connectivity index (χ4v) is 1.71. The molecule has 1 fully saturated rings. The summed E-state index contributed by atoms with van der Waals surface area (Å²) >= 11 is 0. The Balaban J connectivity index is 2.30. The molecule has 0 aromatic carbocycles. The van der Waals surface area contributed by atoms with Crippen LogP contribution in [0.3, 0.4) is 0 Å². The Labute approximate surface area is 75.9 Å². The first-order valence-corrected chi connectivity index (χ1v) is 5.09. The monoisotopic (exact) mass is 171 g/mol. The van der Waals surface area contributed by atoms with Gasteiger partial charge in [0.25, 0.3) is 0 Å². The van der Waals surface area contributed by atoms with Crippen LogP contribution in [-0.2, 0) is 4.74 Å². The van der Waals surface area contributed by atoms with E-state index >= 15 is 0 Å². The summed E-state index contributed by atoms with van der Waals surface area (Å²) in [6, 6.07) is 0.674. The van der Waals surface area contributed by atoms with E-state index in [0.29, 0.717) is 12.1 Å². The summed E-state index contributed by atoms with van der Waals surface area (Å²) < 4.78 is 5.66. The topological polar surface area (TPSA) is 12.5 Å². The van der Waals surface area contributed by atoms with Crippen LogP contribution in [0, 0.1) is 0 Å². The molecule has 2 nitrogen and oxygen atoms in total. The molecule has 0 bridgehead atoms. The van der Waals surface area contributed by atoms with Gasteiger partial charge in [-0.3, -0.25) is 4.90 Å². The summed E-state index contributed by atoms with van der Waals surface area (Å²) in [5.74, 6) is 0. The zero-order valence-electron chi connectivity index (χ0n) is 8.55. The summed E-state index contributed by atoms with van der Waals surface area (Å²) in [5, 5.41) is 0. The van der Waals surface area contributed by atoms with Crippen LogP contribution >= 0.6 is 0 Å². The number of rotatable bonds is 3. The molecule has 1 saturated heterocycles. The van der Waals surface area contributed by atoms with Crippen molar-refractivity contribution < 1.29 is 4.74 Å². The van der Waals surface area contributed by atoms with Crippen LogP contribution in [0.5, 0.6) is 0 Å². The first kappa shape index (κ1) is 10.0. The SMILES string of the molecule is CCC[C@H]1CN(C(C)C)CCO1. The zero-order valence-corrected chi connectivity index (χ0v) is 8.55. The van der Waals surface area contributed by atoms with Gasteiger partial charge >= 0.3 is 0 Å². The molecule has 0 unspecified atom stereocenters. The van der Waals surface area contributed by atoms with Crippen molar-refractivity contribution in [3.8, 4) is 0 Å². The highest BCUT2D eigenvalue weighted by Gasteiger charge is 2.20. The van der Waals surface area contributed by atoms with E-state index < -0.39 is 0 Å². The van der Waals surface area contributed by atoms with Gasteiger partial charge in [0.2, 0.25) is 0 Å². The van der Waals surface area contributed by atoms with Crippen LogP contribution in [0.4, 0.5) is 0 Å². The maximum atomic E-state index is 5.66. The van der Waals surface area contributed by atoms with Crippen molar-refractivity contribution in [2.75, 3.05) is 19.7 Å². The van der Waals surface area contributed by atoms with Gasteiger partial charge in [0.05, 0.1) is 12.7 Å². The molecule has 12 heavy (non-hydrogen) atoms. The Kier molecular flexibility index (Phi) is 4.02. The number of hydrogen-bond acceptors (Lipinski definition) is 2. The van der Waals surface area contributed by atoms with Crippen molar-refractivity contribution in [3.63, 3.8) is 0 Å². The van der Waals surface area contributed by atoms with Crippen LogP contribution in [0.2, 0.25) is 0 Å². The highest BCUT2D eigenvalue weighted by molar-refractivity contribution is 4.73. The van der Waals surface area contributed by atoms with Crippen molar-refractivity contribution >= 4 is 0 Å². The molecule has 1 aliphatic heterocycles. The molecular formula is C10H21NO. The van der Waals surface area contributed by atoms with E-state index in [1.54, 1.807) is 0 Å². The molecule has 0 radical (unpaired) electrons. The lowest BCUT2D eigenvalue weighted by atomic mass is 10.1. The summed E-state index contributed by atoms with van der Waals surface area (Å²) in [5.41, 5.74) is 0. The lowest BCUT2D eigenvalue weighted by Crippen LogP contribution is -2.45. The Morgan fingerprint density at radius 1 is 1.50 bits per heavy atom. The van der Waals surface area contributed by atoms with Gasteiger partial charge in [-0.15, -0.1) is 0 Å². The zero-order chi connectivity index (χ0) is 8.97. The van der Waals surface area contributed by atoms with Crippen LogP contribution < -0.4 is 0 Å². The molecule has 0 aromatic rings. The molecule has 1 aliphatic rings. The van der Waals surface area contributed by atoms with Gasteiger partial charge in [-0.1, -0.05) is 13.3 Å². The van der Waals surface area contributed by atoms with Crippen LogP contribution in [0.1, 0.15) is 33.6 Å². The summed E-state index contributed by atoms with van der Waals surface area (Å²) in [6.07, 6.45) is 2.94. The van der Waals surface area contributed by atoms with E-state index in [1.165, 1.54) is 12.8 Å². The maximum absolute atomic E-state index is 5.66. The minimum absolute atomic E-state index is 0.492. The maximum Gasteiger partial charge on any atom is 0.0702 e. The lowest BCUT2D eigenvalue weighted by Gasteiger charge is -2.35. The normalized spacial score (nSPS) is 26.5. The molecule has 0 saturated carbocycles. The number of hydrogen-bond donors (Lipinski definition) is 0. The Morgan fingerprint density at radius 2 is 2.25 bits per heavy atom. The highest BCUT2D eigenvalue weighted by Crippen LogP contribution is 2.12. The van der Waals surface area contributed by atoms with Gasteiger partial charge in [0.15, 0.2) is 0 Å². The number of morpholine rings is 1. The second kappa shape index (κ2) is 4.83. The molecule has 0 spiro atoms. The van der Waals surface area contributed by atoms with Gasteiger partial charge in [-0.2, -0.15) is 0 Å². The molecule has 0 aliphatic carbocycles. The minimum atomic E-state index is 0.492. The third-order valence-electron chi connectivity index (χ3n) is 2.51. The Morgan fingerprint density at radius 3 is 2.83 bits per heavy atom. The van der Waals surface area contributed by atoms with E-state index in [9.17, 15) is 0 Å². The van der Waals surface area contributed by atoms with E-state index in [1.807, 2.05) is 0 Å². The number of ether oxygens (including phenoxy) is 1. The Bertz CT molecular complexity index is 123. The molecule has 72 valence electrons. The van der Waals surface area contributed by atoms with Gasteiger partial charge in [0.1, 0.15) is 0 Å². The van der Waals surface area contributed by atoms with Crippen molar-refractivity contribution in [2.24, 2.45) is 0 Å². The third kappa shape index (κ3) is 2.76. The van der Waals surface area contributed by atoms with Gasteiger partial charge in [0, 0.05) is 19.1 Å². The van der Waals surface area contributed by atoms with Gasteiger partial charge in [-0.25, -0.2) is 0 Å². The quantitative estimate of drug-likeness (QED) is 0.643. The van der Waals surface area contributed by atoms with Crippen LogP contribution in [0.15, 0.2) is 0 Å². The molecule has 1 atom stereocenters. The smallest absolute Gasteiger partial charge is 0.0702 e. The summed E-state index contributed by atoms with van der Waals surface area (Å²) in [4.78, 5) is 2.50. The second-order valence-electron chi connectivity index (χ2n) is 3.87. The van der Waals surface area contributed by atoms with Crippen LogP contribution in [0.25, 0.3) is 0 Å². The predicted octanol–water partition coefficient (Wildman–Crippen LogP) is 1.90. The van der Waals surface area contributed by atoms with Crippen molar-refractivity contribution in [1.82, 2.24) is 4.90 Å². The fourth-order valence-electron chi connectivity index (χ4n) is 1.71. The van der Waals surface area contributed by atoms with E-state index in [0.717, 1.165) is 19.7 Å². The molecule has 0 aromatic heterocycles. The third-order valence-corrected chi connectivity index (χ3v) is 2.51. The van der Waals surface area contributed by atoms with E-state index in [4.69, 9.17) is 4.74 Å². The molecule has 0 amide bonds. The predicted molar refractivity (Wildman–Crippen MR) is 51.4 cm³/mol. The lowest BCUT2D eigenvalue weighted by molar-refractivity contribution is -0.0420. The van der Waals surface area contributed by atoms with Gasteiger partial charge < -0.3 is 4.74 Å². The molecule has 1 rings (SSSR count). The highest BCUT2D eigenvalue weighted by atomic mass is 16.5. The standard InChI is InChI=1S/C10H21NO/c1-4-5-10-8-11(9(2)3)6-7-12-10/h9-10H,4-8H2,1-3H3/t10-/m0/s1. The van der Waals surface area contributed by atoms with Crippen molar-refractivity contribution in [2.45, 2.75) is 45.8 Å². The largest absolute Gasteiger partial charge is 0.376 e. The molecule has 0 N–H and O–H groups in total. The van der Waals surface area contributed by atoms with Gasteiger partial charge in [-0.05, 0) is 20.3 Å². The minimum Gasteiger partial charge on any atom is -0.376 e. The van der Waals surface area contributed by atoms with Crippen molar-refractivity contribution in [1.29, 1.82) is 0 Å². The molecule has 1 heterocycles. The molecular weight excluding hydrogens is 150 g/mol. The van der Waals surface area contributed by atoms with Crippen LogP contribution in [-0.4, -0.2) is 36.7 Å². The first-order valence-electron chi connectivity index (χ1n) is 5.09. The molecule has 2 heteroatoms. The second-order valence-corrected chi connectivity index (χ2v) is 3.87. The van der Waals surface area contributed by atoms with E-state index in [2.05, 4.69) is 25.7 Å². The van der Waals surface area contributed by atoms with Crippen molar-refractivity contribution in [3.05, 3.63) is 0 Å². The number of nitrogens with zero attached hydrogens (tertiary/aromatic N) is 1. The fraction of sp³-hybridized carbons (Fsp3) is 1.00. The van der Waals surface area contributed by atoms with E-state index in [-0.39, 0.29) is 0 Å². The average molecular weight is 171 g/mol. The Hall–Kier alpha value is -0.0800. The summed E-state index contributed by atoms with van der Waals surface area (Å²) in [7, 11) is 0. The summed E-state index contributed by atoms with van der Waals surface area (Å²) in [6.45, 7) is 9.90.